The van der Waals surface area contributed by atoms with Crippen LogP contribution in [-0.2, 0) is 9.59 Å². The maximum absolute atomic E-state index is 13.6. The number of aromatic nitrogens is 1. The maximum Gasteiger partial charge on any atom is 0.236 e. The number of hydrogen-bond acceptors (Lipinski definition) is 5. The molecule has 0 saturated carbocycles. The zero-order valence-electron chi connectivity index (χ0n) is 16.3. The Morgan fingerprint density at radius 2 is 1.61 bits per heavy atom. The van der Waals surface area contributed by atoms with E-state index in [0.717, 1.165) is 33.8 Å². The molecule has 0 spiro atoms. The Morgan fingerprint density at radius 3 is 2.42 bits per heavy atom. The molecule has 1 heterocycles. The number of para-hydroxylation sites is 1. The minimum Gasteiger partial charge on any atom is -0.323 e. The lowest BCUT2D eigenvalue weighted by Gasteiger charge is -2.06. The van der Waals surface area contributed by atoms with Crippen LogP contribution in [0.25, 0.3) is 22.0 Å². The number of benzene rings is 3. The molecule has 0 saturated heterocycles. The number of carbonyl (C=O) groups excluding carboxylic acids is 2. The van der Waals surface area contributed by atoms with Crippen molar-refractivity contribution in [2.75, 3.05) is 22.1 Å². The molecule has 5 nitrogen and oxygen atoms in total. The van der Waals surface area contributed by atoms with E-state index in [1.54, 1.807) is 12.1 Å². The van der Waals surface area contributed by atoms with Crippen molar-refractivity contribution in [3.8, 4) is 11.3 Å². The number of carbonyl (C=O) groups is 2. The molecule has 1 aromatic heterocycles. The van der Waals surface area contributed by atoms with Crippen LogP contribution < -0.4 is 10.6 Å². The Bertz CT molecular complexity index is 1240. The first-order valence-electron chi connectivity index (χ1n) is 9.45. The predicted octanol–water partition coefficient (Wildman–Crippen LogP) is 5.41. The fraction of sp³-hybridized carbons (Fsp3) is 0.0870. The highest BCUT2D eigenvalue weighted by Crippen LogP contribution is 2.27. The Hall–Kier alpha value is -3.23. The fourth-order valence-corrected chi connectivity index (χ4v) is 4.31. The van der Waals surface area contributed by atoms with Gasteiger partial charge in [0, 0.05) is 10.9 Å². The summed E-state index contributed by atoms with van der Waals surface area (Å²) in [5, 5.41) is 9.94. The fourth-order valence-electron chi connectivity index (χ4n) is 2.95. The van der Waals surface area contributed by atoms with Gasteiger partial charge in [-0.05, 0) is 29.0 Å². The number of nitrogens with zero attached hydrogens (tertiary/aromatic N) is 1. The van der Waals surface area contributed by atoms with Gasteiger partial charge in [0.1, 0.15) is 5.82 Å². The van der Waals surface area contributed by atoms with Crippen molar-refractivity contribution in [3.63, 3.8) is 0 Å². The third kappa shape index (κ3) is 5.48. The monoisotopic (exact) mass is 451 g/mol. The molecule has 4 rings (SSSR count). The molecule has 0 fully saturated rings. The summed E-state index contributed by atoms with van der Waals surface area (Å²) in [6, 6.07) is 20.2. The van der Waals surface area contributed by atoms with Gasteiger partial charge in [-0.15, -0.1) is 23.1 Å². The van der Waals surface area contributed by atoms with E-state index in [1.807, 2.05) is 35.7 Å². The van der Waals surface area contributed by atoms with Crippen molar-refractivity contribution in [1.82, 2.24) is 4.98 Å². The van der Waals surface area contributed by atoms with Gasteiger partial charge in [0.25, 0.3) is 0 Å². The molecule has 2 amide bonds. The Morgan fingerprint density at radius 1 is 0.903 bits per heavy atom. The average molecular weight is 452 g/mol. The topological polar surface area (TPSA) is 71.1 Å². The molecule has 0 aliphatic carbocycles. The predicted molar refractivity (Wildman–Crippen MR) is 126 cm³/mol. The van der Waals surface area contributed by atoms with Gasteiger partial charge in [0.15, 0.2) is 5.13 Å². The van der Waals surface area contributed by atoms with E-state index in [0.29, 0.717) is 5.13 Å². The molecule has 0 aliphatic rings. The van der Waals surface area contributed by atoms with E-state index in [9.17, 15) is 14.0 Å². The molecule has 31 heavy (non-hydrogen) atoms. The lowest BCUT2D eigenvalue weighted by atomic mass is 10.1. The van der Waals surface area contributed by atoms with Crippen molar-refractivity contribution >= 4 is 56.5 Å². The number of fused-ring (bicyclic) bond motifs is 1. The second kappa shape index (κ2) is 9.72. The third-order valence-electron chi connectivity index (χ3n) is 4.41. The van der Waals surface area contributed by atoms with Gasteiger partial charge in [-0.3, -0.25) is 9.59 Å². The van der Waals surface area contributed by atoms with Crippen LogP contribution in [0.15, 0.2) is 72.1 Å². The van der Waals surface area contributed by atoms with Crippen molar-refractivity contribution in [1.29, 1.82) is 0 Å². The first-order chi connectivity index (χ1) is 15.1. The summed E-state index contributed by atoms with van der Waals surface area (Å²) in [5.74, 6) is -0.971. The van der Waals surface area contributed by atoms with Crippen LogP contribution in [0.3, 0.4) is 0 Å². The summed E-state index contributed by atoms with van der Waals surface area (Å²) in [7, 11) is 0. The largest absolute Gasteiger partial charge is 0.323 e. The number of rotatable bonds is 7. The van der Waals surface area contributed by atoms with Crippen molar-refractivity contribution in [2.45, 2.75) is 0 Å². The Balaban J connectivity index is 1.28. The molecular formula is C23H18FN3O2S2. The molecular weight excluding hydrogens is 433 g/mol. The SMILES string of the molecule is O=C(CSCC(=O)Nc1ccccc1F)Nc1nc(-c2ccc3ccccc3c2)cs1. The molecule has 3 aromatic carbocycles. The quantitative estimate of drug-likeness (QED) is 0.394. The lowest BCUT2D eigenvalue weighted by Crippen LogP contribution is -2.18. The molecule has 0 bridgehead atoms. The van der Waals surface area contributed by atoms with Gasteiger partial charge in [0.05, 0.1) is 22.9 Å². The zero-order valence-corrected chi connectivity index (χ0v) is 17.9. The Kier molecular flexibility index (Phi) is 6.59. The zero-order chi connectivity index (χ0) is 21.6. The smallest absolute Gasteiger partial charge is 0.236 e. The summed E-state index contributed by atoms with van der Waals surface area (Å²) in [4.78, 5) is 28.6. The minimum atomic E-state index is -0.496. The van der Waals surface area contributed by atoms with Crippen LogP contribution in [0, 0.1) is 5.82 Å². The number of hydrogen-bond donors (Lipinski definition) is 2. The molecule has 0 atom stereocenters. The maximum atomic E-state index is 13.6. The standard InChI is InChI=1S/C23H18FN3O2S2/c24-18-7-3-4-8-19(18)25-21(28)13-30-14-22(29)27-23-26-20(12-31-23)17-10-9-15-5-1-2-6-16(15)11-17/h1-12H,13-14H2,(H,25,28)(H,26,27,29). The number of halogens is 1. The highest BCUT2D eigenvalue weighted by molar-refractivity contribution is 8.00. The molecule has 0 radical (unpaired) electrons. The van der Waals surface area contributed by atoms with Gasteiger partial charge in [-0.1, -0.05) is 48.5 Å². The van der Waals surface area contributed by atoms with E-state index >= 15 is 0 Å². The van der Waals surface area contributed by atoms with Gasteiger partial charge in [-0.2, -0.15) is 0 Å². The number of thiazole rings is 1. The summed E-state index contributed by atoms with van der Waals surface area (Å²) in [6.45, 7) is 0. The summed E-state index contributed by atoms with van der Waals surface area (Å²) in [5.41, 5.74) is 1.90. The van der Waals surface area contributed by atoms with Crippen LogP contribution in [0.1, 0.15) is 0 Å². The van der Waals surface area contributed by atoms with E-state index in [4.69, 9.17) is 0 Å². The van der Waals surface area contributed by atoms with E-state index < -0.39 is 5.82 Å². The highest BCUT2D eigenvalue weighted by Gasteiger charge is 2.11. The van der Waals surface area contributed by atoms with Crippen LogP contribution >= 0.6 is 23.1 Å². The van der Waals surface area contributed by atoms with E-state index in [1.165, 1.54) is 23.5 Å². The first-order valence-corrected chi connectivity index (χ1v) is 11.5. The van der Waals surface area contributed by atoms with Crippen LogP contribution in [-0.4, -0.2) is 28.3 Å². The summed E-state index contributed by atoms with van der Waals surface area (Å²) >= 11 is 2.50. The van der Waals surface area contributed by atoms with Crippen LogP contribution in [0.4, 0.5) is 15.2 Å². The number of nitrogens with one attached hydrogen (secondary N) is 2. The average Bonchev–Trinajstić information content (AvgIpc) is 3.23. The Labute approximate surface area is 186 Å². The lowest BCUT2D eigenvalue weighted by molar-refractivity contribution is -0.114. The number of anilines is 2. The van der Waals surface area contributed by atoms with Gasteiger partial charge in [0.2, 0.25) is 11.8 Å². The van der Waals surface area contributed by atoms with Gasteiger partial charge in [-0.25, -0.2) is 9.37 Å². The molecule has 2 N–H and O–H groups in total. The normalized spacial score (nSPS) is 10.7. The van der Waals surface area contributed by atoms with Crippen LogP contribution in [0.5, 0.6) is 0 Å². The van der Waals surface area contributed by atoms with Crippen molar-refractivity contribution in [3.05, 3.63) is 77.9 Å². The van der Waals surface area contributed by atoms with E-state index in [2.05, 4.69) is 27.8 Å². The molecule has 156 valence electrons. The first kappa shape index (κ1) is 21.0. The van der Waals surface area contributed by atoms with Crippen LogP contribution in [0.2, 0.25) is 0 Å². The third-order valence-corrected chi connectivity index (χ3v) is 6.10. The minimum absolute atomic E-state index is 0.0436. The second-order valence-corrected chi connectivity index (χ2v) is 8.51. The second-order valence-electron chi connectivity index (χ2n) is 6.67. The molecule has 8 heteroatoms. The molecule has 0 unspecified atom stereocenters. The number of thioether (sulfide) groups is 1. The van der Waals surface area contributed by atoms with Crippen molar-refractivity contribution < 1.29 is 14.0 Å². The molecule has 0 aliphatic heterocycles. The van der Waals surface area contributed by atoms with Gasteiger partial charge >= 0.3 is 0 Å². The number of amides is 2. The highest BCUT2D eigenvalue weighted by atomic mass is 32.2. The van der Waals surface area contributed by atoms with E-state index in [-0.39, 0.29) is 29.0 Å². The summed E-state index contributed by atoms with van der Waals surface area (Å²) in [6.07, 6.45) is 0. The molecule has 4 aromatic rings. The van der Waals surface area contributed by atoms with Crippen molar-refractivity contribution in [2.24, 2.45) is 0 Å². The van der Waals surface area contributed by atoms with Gasteiger partial charge < -0.3 is 10.6 Å². The summed E-state index contributed by atoms with van der Waals surface area (Å²) < 4.78 is 13.6.